The molecular formula is C22H26FN3O2S2. The summed E-state index contributed by atoms with van der Waals surface area (Å²) in [6.45, 7) is 11.4. The fourth-order valence-corrected chi connectivity index (χ4v) is 5.65. The molecule has 0 aliphatic rings. The van der Waals surface area contributed by atoms with E-state index in [2.05, 4.69) is 0 Å². The zero-order valence-electron chi connectivity index (χ0n) is 17.9. The van der Waals surface area contributed by atoms with E-state index >= 15 is 0 Å². The molecule has 3 aromatic rings. The second-order valence-electron chi connectivity index (χ2n) is 6.93. The number of thiophene rings is 1. The van der Waals surface area contributed by atoms with E-state index in [1.165, 1.54) is 35.2 Å². The molecule has 0 bridgehead atoms. The number of rotatable bonds is 7. The van der Waals surface area contributed by atoms with Crippen molar-refractivity contribution in [3.63, 3.8) is 0 Å². The average molecular weight is 448 g/mol. The Morgan fingerprint density at radius 3 is 2.43 bits per heavy atom. The van der Waals surface area contributed by atoms with Gasteiger partial charge >= 0.3 is 0 Å². The van der Waals surface area contributed by atoms with E-state index in [9.17, 15) is 14.0 Å². The normalized spacial score (nSPS) is 12.3. The Labute approximate surface area is 183 Å². The molecular weight excluding hydrogens is 421 g/mol. The minimum absolute atomic E-state index is 0.0383. The lowest BCUT2D eigenvalue weighted by Gasteiger charge is -2.22. The molecule has 3 rings (SSSR count). The number of hydrogen-bond donors (Lipinski definition) is 0. The molecule has 0 radical (unpaired) electrons. The summed E-state index contributed by atoms with van der Waals surface area (Å²) in [5, 5.41) is 0.762. The van der Waals surface area contributed by atoms with Gasteiger partial charge in [0.05, 0.1) is 10.6 Å². The highest BCUT2D eigenvalue weighted by Crippen LogP contribution is 2.37. The molecule has 2 aromatic heterocycles. The fourth-order valence-electron chi connectivity index (χ4n) is 3.51. The van der Waals surface area contributed by atoms with Crippen LogP contribution in [-0.4, -0.2) is 38.7 Å². The summed E-state index contributed by atoms with van der Waals surface area (Å²) in [4.78, 5) is 34.2. The molecule has 0 spiro atoms. The van der Waals surface area contributed by atoms with E-state index in [4.69, 9.17) is 4.98 Å². The van der Waals surface area contributed by atoms with E-state index in [0.717, 1.165) is 16.0 Å². The van der Waals surface area contributed by atoms with Crippen LogP contribution in [0.3, 0.4) is 0 Å². The number of nitrogens with zero attached hydrogens (tertiary/aromatic N) is 3. The van der Waals surface area contributed by atoms with Gasteiger partial charge in [-0.3, -0.25) is 14.2 Å². The predicted molar refractivity (Wildman–Crippen MR) is 123 cm³/mol. The molecule has 1 amide bonds. The maximum atomic E-state index is 13.4. The molecule has 1 aromatic carbocycles. The quantitative estimate of drug-likeness (QED) is 0.380. The van der Waals surface area contributed by atoms with Crippen LogP contribution in [0, 0.1) is 12.7 Å². The SMILES string of the molecule is CCN(CC)C(=O)[C@H](C)Sc1nc2sc(C)c(-c3ccc(F)cc3)c2c(=O)n1CC. The van der Waals surface area contributed by atoms with Gasteiger partial charge in [0.25, 0.3) is 5.56 Å². The molecule has 2 heterocycles. The number of halogens is 1. The van der Waals surface area contributed by atoms with Crippen molar-refractivity contribution in [3.8, 4) is 11.1 Å². The van der Waals surface area contributed by atoms with Crippen LogP contribution in [0.4, 0.5) is 4.39 Å². The molecule has 30 heavy (non-hydrogen) atoms. The van der Waals surface area contributed by atoms with E-state index < -0.39 is 0 Å². The molecule has 0 unspecified atom stereocenters. The van der Waals surface area contributed by atoms with Gasteiger partial charge in [-0.05, 0) is 52.3 Å². The second kappa shape index (κ2) is 9.31. The fraction of sp³-hybridized carbons (Fsp3) is 0.409. The largest absolute Gasteiger partial charge is 0.342 e. The minimum atomic E-state index is -0.343. The van der Waals surface area contributed by atoms with Crippen LogP contribution in [0.1, 0.15) is 32.6 Å². The third kappa shape index (κ3) is 4.16. The number of amides is 1. The van der Waals surface area contributed by atoms with Crippen molar-refractivity contribution in [2.75, 3.05) is 13.1 Å². The summed E-state index contributed by atoms with van der Waals surface area (Å²) in [5.41, 5.74) is 1.47. The topological polar surface area (TPSA) is 55.2 Å². The van der Waals surface area contributed by atoms with E-state index in [0.29, 0.717) is 35.0 Å². The molecule has 0 N–H and O–H groups in total. The molecule has 1 atom stereocenters. The zero-order valence-corrected chi connectivity index (χ0v) is 19.5. The van der Waals surface area contributed by atoms with Crippen molar-refractivity contribution in [1.29, 1.82) is 0 Å². The molecule has 0 aliphatic carbocycles. The Morgan fingerprint density at radius 1 is 1.23 bits per heavy atom. The summed E-state index contributed by atoms with van der Waals surface area (Å²) in [6, 6.07) is 6.17. The smallest absolute Gasteiger partial charge is 0.263 e. The van der Waals surface area contributed by atoms with E-state index in [-0.39, 0.29) is 22.5 Å². The number of carbonyl (C=O) groups is 1. The van der Waals surface area contributed by atoms with Gasteiger partial charge < -0.3 is 4.90 Å². The third-order valence-electron chi connectivity index (χ3n) is 5.11. The van der Waals surface area contributed by atoms with Crippen molar-refractivity contribution >= 4 is 39.2 Å². The Hall–Kier alpha value is -2.19. The summed E-state index contributed by atoms with van der Waals surface area (Å²) >= 11 is 2.77. The molecule has 0 fully saturated rings. The predicted octanol–water partition coefficient (Wildman–Crippen LogP) is 4.94. The summed E-state index contributed by atoms with van der Waals surface area (Å²) < 4.78 is 15.0. The van der Waals surface area contributed by atoms with Gasteiger partial charge in [0, 0.05) is 30.1 Å². The van der Waals surface area contributed by atoms with Crippen molar-refractivity contribution in [3.05, 3.63) is 45.3 Å². The van der Waals surface area contributed by atoms with Crippen LogP contribution in [0.2, 0.25) is 0 Å². The molecule has 0 aliphatic heterocycles. The van der Waals surface area contributed by atoms with Gasteiger partial charge in [0.15, 0.2) is 5.16 Å². The number of carbonyl (C=O) groups excluding carboxylic acids is 1. The second-order valence-corrected chi connectivity index (χ2v) is 9.45. The zero-order chi connectivity index (χ0) is 22.0. The van der Waals surface area contributed by atoms with Crippen LogP contribution < -0.4 is 5.56 Å². The summed E-state index contributed by atoms with van der Waals surface area (Å²) in [7, 11) is 0. The first-order valence-corrected chi connectivity index (χ1v) is 11.8. The highest BCUT2D eigenvalue weighted by atomic mass is 32.2. The maximum absolute atomic E-state index is 13.4. The number of aromatic nitrogens is 2. The highest BCUT2D eigenvalue weighted by molar-refractivity contribution is 8.00. The standard InChI is InChI=1S/C22H26FN3O2S2/c1-6-25(7-2)20(27)14(5)30-22-24-19-18(21(28)26(22)8-3)17(13(4)29-19)15-9-11-16(23)12-10-15/h9-12,14H,6-8H2,1-5H3/t14-/m0/s1. The first-order chi connectivity index (χ1) is 14.3. The third-order valence-corrected chi connectivity index (χ3v) is 7.18. The molecule has 5 nitrogen and oxygen atoms in total. The van der Waals surface area contributed by atoms with E-state index in [1.807, 2.05) is 34.6 Å². The average Bonchev–Trinajstić information content (AvgIpc) is 3.05. The van der Waals surface area contributed by atoms with Gasteiger partial charge in [0.2, 0.25) is 5.91 Å². The summed E-state index contributed by atoms with van der Waals surface area (Å²) in [5.74, 6) is -0.276. The maximum Gasteiger partial charge on any atom is 0.263 e. The molecule has 160 valence electrons. The monoisotopic (exact) mass is 447 g/mol. The van der Waals surface area contributed by atoms with Gasteiger partial charge in [-0.2, -0.15) is 0 Å². The first kappa shape index (κ1) is 22.5. The molecule has 0 saturated carbocycles. The van der Waals surface area contributed by atoms with Crippen molar-refractivity contribution < 1.29 is 9.18 Å². The number of aryl methyl sites for hydroxylation is 1. The number of thioether (sulfide) groups is 1. The number of fused-ring (bicyclic) bond motifs is 1. The van der Waals surface area contributed by atoms with Crippen LogP contribution >= 0.6 is 23.1 Å². The number of hydrogen-bond acceptors (Lipinski definition) is 5. The summed E-state index contributed by atoms with van der Waals surface area (Å²) in [6.07, 6.45) is 0. The van der Waals surface area contributed by atoms with E-state index in [1.54, 1.807) is 21.6 Å². The van der Waals surface area contributed by atoms with Crippen molar-refractivity contribution in [2.24, 2.45) is 0 Å². The van der Waals surface area contributed by atoms with Crippen LogP contribution in [0.15, 0.2) is 34.2 Å². The van der Waals surface area contributed by atoms with Crippen molar-refractivity contribution in [1.82, 2.24) is 14.5 Å². The Kier molecular flexibility index (Phi) is 6.98. The lowest BCUT2D eigenvalue weighted by Crippen LogP contribution is -2.36. The van der Waals surface area contributed by atoms with Gasteiger partial charge in [0.1, 0.15) is 10.6 Å². The molecule has 8 heteroatoms. The first-order valence-electron chi connectivity index (χ1n) is 10.1. The lowest BCUT2D eigenvalue weighted by atomic mass is 10.0. The van der Waals surface area contributed by atoms with Crippen molar-refractivity contribution in [2.45, 2.75) is 51.6 Å². The minimum Gasteiger partial charge on any atom is -0.342 e. The molecule has 0 saturated heterocycles. The highest BCUT2D eigenvalue weighted by Gasteiger charge is 2.24. The van der Waals surface area contributed by atoms with Gasteiger partial charge in [-0.15, -0.1) is 11.3 Å². The van der Waals surface area contributed by atoms with Crippen LogP contribution in [0.25, 0.3) is 21.3 Å². The Bertz CT molecular complexity index is 1120. The lowest BCUT2D eigenvalue weighted by molar-refractivity contribution is -0.129. The van der Waals surface area contributed by atoms with Gasteiger partial charge in [-0.25, -0.2) is 9.37 Å². The Balaban J connectivity index is 2.10. The Morgan fingerprint density at radius 2 is 1.87 bits per heavy atom. The van der Waals surface area contributed by atoms with Crippen LogP contribution in [0.5, 0.6) is 0 Å². The number of benzene rings is 1. The van der Waals surface area contributed by atoms with Gasteiger partial charge in [-0.1, -0.05) is 23.9 Å². The van der Waals surface area contributed by atoms with Crippen LogP contribution in [-0.2, 0) is 11.3 Å².